The minimum atomic E-state index is 0.452. The van der Waals surface area contributed by atoms with Crippen LogP contribution in [0, 0.1) is 0 Å². The van der Waals surface area contributed by atoms with Gasteiger partial charge in [-0.2, -0.15) is 4.98 Å². The van der Waals surface area contributed by atoms with Gasteiger partial charge < -0.3 is 9.73 Å². The third-order valence-electron chi connectivity index (χ3n) is 3.12. The van der Waals surface area contributed by atoms with Crippen LogP contribution in [-0.4, -0.2) is 4.98 Å². The Morgan fingerprint density at radius 3 is 2.53 bits per heavy atom. The second kappa shape index (κ2) is 4.76. The number of benzene rings is 2. The number of fused-ring (bicyclic) bond motifs is 1. The third kappa shape index (κ3) is 2.32. The topological polar surface area (TPSA) is 38.1 Å². The summed E-state index contributed by atoms with van der Waals surface area (Å²) in [4.78, 5) is 4.43. The van der Waals surface area contributed by atoms with Crippen molar-refractivity contribution in [1.29, 1.82) is 0 Å². The summed E-state index contributed by atoms with van der Waals surface area (Å²) in [7, 11) is 0. The number of para-hydroxylation sites is 3. The summed E-state index contributed by atoms with van der Waals surface area (Å²) in [6.45, 7) is 4.35. The maximum atomic E-state index is 5.68. The Morgan fingerprint density at radius 1 is 1.00 bits per heavy atom. The Hall–Kier alpha value is -2.29. The number of anilines is 2. The molecule has 0 aliphatic carbocycles. The third-order valence-corrected chi connectivity index (χ3v) is 3.12. The molecule has 1 N–H and O–H groups in total. The van der Waals surface area contributed by atoms with Gasteiger partial charge in [0, 0.05) is 5.69 Å². The fourth-order valence-corrected chi connectivity index (χ4v) is 2.16. The van der Waals surface area contributed by atoms with Crippen LogP contribution >= 0.6 is 0 Å². The van der Waals surface area contributed by atoms with Crippen LogP contribution in [0.25, 0.3) is 11.1 Å². The van der Waals surface area contributed by atoms with Crippen LogP contribution in [-0.2, 0) is 0 Å². The highest BCUT2D eigenvalue weighted by atomic mass is 16.4. The van der Waals surface area contributed by atoms with E-state index >= 15 is 0 Å². The minimum absolute atomic E-state index is 0.452. The zero-order chi connectivity index (χ0) is 13.2. The van der Waals surface area contributed by atoms with E-state index in [0.29, 0.717) is 11.9 Å². The van der Waals surface area contributed by atoms with Gasteiger partial charge in [0.15, 0.2) is 5.58 Å². The Kier molecular flexibility index (Phi) is 2.95. The highest BCUT2D eigenvalue weighted by molar-refractivity contribution is 5.75. The molecule has 0 fully saturated rings. The van der Waals surface area contributed by atoms with E-state index in [2.05, 4.69) is 30.2 Å². The molecule has 1 aromatic heterocycles. The smallest absolute Gasteiger partial charge is 0.300 e. The van der Waals surface area contributed by atoms with Crippen molar-refractivity contribution >= 4 is 22.8 Å². The number of hydrogen-bond acceptors (Lipinski definition) is 3. The van der Waals surface area contributed by atoms with Gasteiger partial charge in [-0.1, -0.05) is 44.2 Å². The molecule has 0 radical (unpaired) electrons. The molecule has 0 bridgehead atoms. The fourth-order valence-electron chi connectivity index (χ4n) is 2.16. The molecule has 1 heterocycles. The highest BCUT2D eigenvalue weighted by Crippen LogP contribution is 2.28. The van der Waals surface area contributed by atoms with Crippen molar-refractivity contribution in [2.75, 3.05) is 5.32 Å². The fraction of sp³-hybridized carbons (Fsp3) is 0.188. The summed E-state index contributed by atoms with van der Waals surface area (Å²) in [6.07, 6.45) is 0. The van der Waals surface area contributed by atoms with Gasteiger partial charge in [-0.05, 0) is 29.7 Å². The van der Waals surface area contributed by atoms with Crippen molar-refractivity contribution in [1.82, 2.24) is 4.98 Å². The molecule has 0 atom stereocenters. The lowest BCUT2D eigenvalue weighted by Crippen LogP contribution is -1.97. The number of oxazole rings is 1. The van der Waals surface area contributed by atoms with Crippen LogP contribution in [0.3, 0.4) is 0 Å². The van der Waals surface area contributed by atoms with Crippen molar-refractivity contribution in [3.8, 4) is 0 Å². The molecule has 19 heavy (non-hydrogen) atoms. The van der Waals surface area contributed by atoms with Crippen LogP contribution in [0.4, 0.5) is 11.7 Å². The molecular formula is C16H16N2O. The summed E-state index contributed by atoms with van der Waals surface area (Å²) in [5, 5.41) is 3.27. The zero-order valence-electron chi connectivity index (χ0n) is 11.1. The first-order chi connectivity index (χ1) is 9.24. The first kappa shape index (κ1) is 11.8. The average molecular weight is 252 g/mol. The number of rotatable bonds is 3. The van der Waals surface area contributed by atoms with E-state index in [1.54, 1.807) is 0 Å². The molecular weight excluding hydrogens is 236 g/mol. The number of nitrogens with one attached hydrogen (secondary N) is 1. The summed E-state index contributed by atoms with van der Waals surface area (Å²) in [6, 6.07) is 16.5. The van der Waals surface area contributed by atoms with Crippen molar-refractivity contribution < 1.29 is 4.42 Å². The summed E-state index contributed by atoms with van der Waals surface area (Å²) in [5.41, 5.74) is 3.97. The van der Waals surface area contributed by atoms with E-state index < -0.39 is 0 Å². The summed E-state index contributed by atoms with van der Waals surface area (Å²) >= 11 is 0. The molecule has 3 heteroatoms. The van der Waals surface area contributed by atoms with Crippen LogP contribution in [0.5, 0.6) is 0 Å². The quantitative estimate of drug-likeness (QED) is 0.734. The number of hydrogen-bond donors (Lipinski definition) is 1. The van der Waals surface area contributed by atoms with Gasteiger partial charge in [-0.15, -0.1) is 0 Å². The van der Waals surface area contributed by atoms with E-state index in [9.17, 15) is 0 Å². The van der Waals surface area contributed by atoms with Crippen molar-refractivity contribution in [2.24, 2.45) is 0 Å². The van der Waals surface area contributed by atoms with Gasteiger partial charge in [0.2, 0.25) is 0 Å². The second-order valence-corrected chi connectivity index (χ2v) is 4.85. The maximum absolute atomic E-state index is 5.68. The summed E-state index contributed by atoms with van der Waals surface area (Å²) < 4.78 is 5.68. The van der Waals surface area contributed by atoms with Gasteiger partial charge in [0.05, 0.1) is 0 Å². The average Bonchev–Trinajstić information content (AvgIpc) is 2.81. The maximum Gasteiger partial charge on any atom is 0.300 e. The first-order valence-electron chi connectivity index (χ1n) is 6.45. The Balaban J connectivity index is 1.97. The van der Waals surface area contributed by atoms with E-state index in [1.807, 2.05) is 42.5 Å². The molecule has 0 spiro atoms. The molecule has 3 nitrogen and oxygen atoms in total. The number of nitrogens with zero attached hydrogens (tertiary/aromatic N) is 1. The Labute approximate surface area is 112 Å². The molecule has 3 rings (SSSR count). The van der Waals surface area contributed by atoms with E-state index in [4.69, 9.17) is 4.42 Å². The van der Waals surface area contributed by atoms with Crippen molar-refractivity contribution in [3.05, 3.63) is 54.1 Å². The lowest BCUT2D eigenvalue weighted by molar-refractivity contribution is 0.622. The molecule has 0 saturated heterocycles. The molecule has 96 valence electrons. The van der Waals surface area contributed by atoms with Gasteiger partial charge >= 0.3 is 0 Å². The molecule has 0 saturated carbocycles. The predicted molar refractivity (Wildman–Crippen MR) is 77.8 cm³/mol. The van der Waals surface area contributed by atoms with E-state index in [1.165, 1.54) is 5.56 Å². The molecule has 0 amide bonds. The monoisotopic (exact) mass is 252 g/mol. The van der Waals surface area contributed by atoms with Gasteiger partial charge in [-0.25, -0.2) is 0 Å². The molecule has 3 aromatic rings. The van der Waals surface area contributed by atoms with Gasteiger partial charge in [0.1, 0.15) is 5.52 Å². The molecule has 2 aromatic carbocycles. The van der Waals surface area contributed by atoms with Crippen molar-refractivity contribution in [2.45, 2.75) is 19.8 Å². The lowest BCUT2D eigenvalue weighted by atomic mass is 10.0. The van der Waals surface area contributed by atoms with Crippen LogP contribution in [0.2, 0.25) is 0 Å². The van der Waals surface area contributed by atoms with Crippen LogP contribution < -0.4 is 5.32 Å². The Bertz CT molecular complexity index is 668. The predicted octanol–water partition coefficient (Wildman–Crippen LogP) is 4.69. The van der Waals surface area contributed by atoms with Crippen LogP contribution in [0.15, 0.2) is 52.9 Å². The SMILES string of the molecule is CC(C)c1ccccc1Nc1nc2ccccc2o1. The molecule has 0 aliphatic heterocycles. The Morgan fingerprint density at radius 2 is 1.74 bits per heavy atom. The molecule has 0 aliphatic rings. The van der Waals surface area contributed by atoms with Gasteiger partial charge in [-0.3, -0.25) is 0 Å². The standard InChI is InChI=1S/C16H16N2O/c1-11(2)12-7-3-4-8-13(12)17-16-18-14-9-5-6-10-15(14)19-16/h3-11H,1-2H3,(H,17,18). The largest absolute Gasteiger partial charge is 0.423 e. The lowest BCUT2D eigenvalue weighted by Gasteiger charge is -2.11. The highest BCUT2D eigenvalue weighted by Gasteiger charge is 2.09. The van der Waals surface area contributed by atoms with Crippen LogP contribution in [0.1, 0.15) is 25.3 Å². The van der Waals surface area contributed by atoms with Crippen molar-refractivity contribution in [3.63, 3.8) is 0 Å². The molecule has 0 unspecified atom stereocenters. The first-order valence-corrected chi connectivity index (χ1v) is 6.45. The van der Waals surface area contributed by atoms with E-state index in [-0.39, 0.29) is 0 Å². The summed E-state index contributed by atoms with van der Waals surface area (Å²) in [5.74, 6) is 0.452. The van der Waals surface area contributed by atoms with E-state index in [0.717, 1.165) is 16.8 Å². The van der Waals surface area contributed by atoms with Gasteiger partial charge in [0.25, 0.3) is 6.01 Å². The zero-order valence-corrected chi connectivity index (χ0v) is 11.1. The normalized spacial score (nSPS) is 11.1. The minimum Gasteiger partial charge on any atom is -0.423 e. The second-order valence-electron chi connectivity index (χ2n) is 4.85. The number of aromatic nitrogens is 1.